The fraction of sp³-hybridized carbons (Fsp3) is 0.188. The third kappa shape index (κ3) is 2.60. The lowest BCUT2D eigenvalue weighted by Gasteiger charge is -2.34. The molecule has 6 heteroatoms. The van der Waals surface area contributed by atoms with E-state index in [1.54, 1.807) is 18.2 Å². The van der Waals surface area contributed by atoms with Gasteiger partial charge in [-0.3, -0.25) is 9.59 Å². The number of anilines is 1. The van der Waals surface area contributed by atoms with Gasteiger partial charge in [-0.2, -0.15) is 0 Å². The van der Waals surface area contributed by atoms with Gasteiger partial charge in [0, 0.05) is 0 Å². The first-order chi connectivity index (χ1) is 18.6. The Hall–Kier alpha value is -4.42. The highest BCUT2D eigenvalue weighted by molar-refractivity contribution is 6.25. The number of imide groups is 1. The standard InChI is InChI=1S/C32H25NO5/c1-36-24-18-11-19-25(37-2)28(24)33-29(34)26-27(30(33)35)32(21-14-7-4-8-15-21)23-17-10-9-16-22(23)31(26,38-32)20-12-5-3-6-13-20/h3-19,26-27H,1-2H3/t26-,27+,31+,32-. The van der Waals surface area contributed by atoms with Crippen LogP contribution in [-0.4, -0.2) is 26.0 Å². The molecule has 0 N–H and O–H groups in total. The average Bonchev–Trinajstić information content (AvgIpc) is 3.57. The second kappa shape index (κ2) is 8.04. The van der Waals surface area contributed by atoms with Crippen LogP contribution in [-0.2, 0) is 25.5 Å². The van der Waals surface area contributed by atoms with Crippen molar-refractivity contribution in [1.29, 1.82) is 0 Å². The number of para-hydroxylation sites is 1. The van der Waals surface area contributed by atoms with Gasteiger partial charge in [-0.15, -0.1) is 0 Å². The summed E-state index contributed by atoms with van der Waals surface area (Å²) < 4.78 is 18.4. The Balaban J connectivity index is 1.55. The van der Waals surface area contributed by atoms with E-state index >= 15 is 0 Å². The van der Waals surface area contributed by atoms with Gasteiger partial charge in [0.25, 0.3) is 0 Å². The molecule has 0 saturated carbocycles. The number of nitrogens with zero attached hydrogens (tertiary/aromatic N) is 1. The van der Waals surface area contributed by atoms with Gasteiger partial charge in [0.15, 0.2) is 0 Å². The molecule has 3 aliphatic rings. The Labute approximate surface area is 220 Å². The zero-order valence-corrected chi connectivity index (χ0v) is 21.0. The highest BCUT2D eigenvalue weighted by Gasteiger charge is 2.78. The molecular formula is C32H25NO5. The molecule has 2 amide bonds. The molecule has 4 aromatic carbocycles. The zero-order chi connectivity index (χ0) is 26.1. The number of benzene rings is 4. The van der Waals surface area contributed by atoms with Crippen LogP contribution in [0.25, 0.3) is 0 Å². The molecule has 0 aromatic heterocycles. The number of amides is 2. The minimum atomic E-state index is -1.14. The Bertz CT molecular complexity index is 1470. The molecule has 0 radical (unpaired) electrons. The molecule has 3 heterocycles. The Kier molecular flexibility index (Phi) is 4.81. The lowest BCUT2D eigenvalue weighted by molar-refractivity contribution is -0.131. The third-order valence-corrected chi connectivity index (χ3v) is 8.26. The van der Waals surface area contributed by atoms with Crippen molar-refractivity contribution < 1.29 is 23.8 Å². The highest BCUT2D eigenvalue weighted by Crippen LogP contribution is 2.71. The summed E-state index contributed by atoms with van der Waals surface area (Å²) in [5, 5.41) is 0. The summed E-state index contributed by atoms with van der Waals surface area (Å²) in [6.45, 7) is 0. The van der Waals surface area contributed by atoms with Crippen LogP contribution in [0.15, 0.2) is 103 Å². The number of carbonyl (C=O) groups is 2. The molecule has 2 saturated heterocycles. The van der Waals surface area contributed by atoms with Crippen molar-refractivity contribution >= 4 is 17.5 Å². The average molecular weight is 504 g/mol. The first kappa shape index (κ1) is 22.8. The quantitative estimate of drug-likeness (QED) is 0.357. The number of ether oxygens (including phenoxy) is 3. The van der Waals surface area contributed by atoms with Gasteiger partial charge in [0.1, 0.15) is 28.4 Å². The van der Waals surface area contributed by atoms with E-state index in [0.29, 0.717) is 17.2 Å². The molecule has 0 aliphatic carbocycles. The second-order valence-corrected chi connectivity index (χ2v) is 9.83. The zero-order valence-electron chi connectivity index (χ0n) is 21.0. The smallest absolute Gasteiger partial charge is 0.241 e. The van der Waals surface area contributed by atoms with Gasteiger partial charge in [-0.25, -0.2) is 4.90 Å². The van der Waals surface area contributed by atoms with E-state index in [1.807, 2.05) is 84.9 Å². The molecule has 7 rings (SSSR count). The van der Waals surface area contributed by atoms with E-state index in [-0.39, 0.29) is 11.8 Å². The topological polar surface area (TPSA) is 65.1 Å². The molecule has 38 heavy (non-hydrogen) atoms. The number of hydrogen-bond acceptors (Lipinski definition) is 5. The fourth-order valence-corrected chi connectivity index (χ4v) is 6.88. The van der Waals surface area contributed by atoms with Crippen LogP contribution in [0.4, 0.5) is 5.69 Å². The Morgan fingerprint density at radius 2 is 1.03 bits per heavy atom. The lowest BCUT2D eigenvalue weighted by Crippen LogP contribution is -2.42. The van der Waals surface area contributed by atoms with Gasteiger partial charge >= 0.3 is 0 Å². The first-order valence-corrected chi connectivity index (χ1v) is 12.6. The van der Waals surface area contributed by atoms with Crippen molar-refractivity contribution in [2.24, 2.45) is 11.8 Å². The normalized spacial score (nSPS) is 26.8. The molecule has 0 spiro atoms. The molecule has 0 unspecified atom stereocenters. The lowest BCUT2D eigenvalue weighted by atomic mass is 9.61. The van der Waals surface area contributed by atoms with Crippen molar-refractivity contribution in [3.05, 3.63) is 125 Å². The number of rotatable bonds is 5. The number of methoxy groups -OCH3 is 2. The van der Waals surface area contributed by atoms with E-state index in [9.17, 15) is 9.59 Å². The molecule has 188 valence electrons. The number of carbonyl (C=O) groups excluding carboxylic acids is 2. The van der Waals surface area contributed by atoms with E-state index in [0.717, 1.165) is 22.3 Å². The van der Waals surface area contributed by atoms with Gasteiger partial charge in [-0.1, -0.05) is 91.0 Å². The van der Waals surface area contributed by atoms with E-state index in [4.69, 9.17) is 14.2 Å². The van der Waals surface area contributed by atoms with Gasteiger partial charge in [-0.05, 0) is 34.4 Å². The van der Waals surface area contributed by atoms with Crippen LogP contribution in [0.5, 0.6) is 11.5 Å². The number of hydrogen-bond donors (Lipinski definition) is 0. The second-order valence-electron chi connectivity index (χ2n) is 9.83. The summed E-state index contributed by atoms with van der Waals surface area (Å²) in [6, 6.07) is 32.7. The molecule has 6 nitrogen and oxygen atoms in total. The van der Waals surface area contributed by atoms with Crippen LogP contribution in [0.3, 0.4) is 0 Å². The molecule has 4 atom stereocenters. The highest BCUT2D eigenvalue weighted by atomic mass is 16.5. The van der Waals surface area contributed by atoms with Crippen LogP contribution in [0, 0.1) is 11.8 Å². The van der Waals surface area contributed by atoms with Crippen molar-refractivity contribution in [3.8, 4) is 11.5 Å². The van der Waals surface area contributed by atoms with Crippen LogP contribution in [0.2, 0.25) is 0 Å². The minimum absolute atomic E-state index is 0.316. The summed E-state index contributed by atoms with van der Waals surface area (Å²) in [4.78, 5) is 30.5. The van der Waals surface area contributed by atoms with Crippen molar-refractivity contribution in [3.63, 3.8) is 0 Å². The van der Waals surface area contributed by atoms with Crippen molar-refractivity contribution in [2.75, 3.05) is 19.1 Å². The fourth-order valence-electron chi connectivity index (χ4n) is 6.88. The van der Waals surface area contributed by atoms with E-state index < -0.39 is 23.0 Å². The predicted octanol–water partition coefficient (Wildman–Crippen LogP) is 5.04. The van der Waals surface area contributed by atoms with Crippen LogP contribution in [0.1, 0.15) is 22.3 Å². The first-order valence-electron chi connectivity index (χ1n) is 12.6. The number of fused-ring (bicyclic) bond motifs is 8. The molecule has 3 aliphatic heterocycles. The van der Waals surface area contributed by atoms with E-state index in [2.05, 4.69) is 0 Å². The molecule has 2 bridgehead atoms. The summed E-state index contributed by atoms with van der Waals surface area (Å²) in [5.41, 5.74) is 1.53. The maximum atomic E-state index is 14.6. The van der Waals surface area contributed by atoms with Crippen LogP contribution >= 0.6 is 0 Å². The molecule has 4 aromatic rings. The predicted molar refractivity (Wildman–Crippen MR) is 141 cm³/mol. The largest absolute Gasteiger partial charge is 0.494 e. The Morgan fingerprint density at radius 3 is 1.45 bits per heavy atom. The molecular weight excluding hydrogens is 478 g/mol. The monoisotopic (exact) mass is 503 g/mol. The van der Waals surface area contributed by atoms with Gasteiger partial charge < -0.3 is 14.2 Å². The minimum Gasteiger partial charge on any atom is -0.494 e. The maximum absolute atomic E-state index is 14.6. The SMILES string of the molecule is COc1cccc(OC)c1N1C(=O)[C@@H]2[C@H](C1=O)[C@@]1(c3ccccc3)O[C@]2(c2ccccc2)c2ccccc21. The maximum Gasteiger partial charge on any atom is 0.241 e. The third-order valence-electron chi connectivity index (χ3n) is 8.26. The Morgan fingerprint density at radius 1 is 0.605 bits per heavy atom. The summed E-state index contributed by atoms with van der Waals surface area (Å²) in [5.74, 6) is -1.47. The summed E-state index contributed by atoms with van der Waals surface area (Å²) >= 11 is 0. The summed E-state index contributed by atoms with van der Waals surface area (Å²) in [7, 11) is 3.04. The van der Waals surface area contributed by atoms with E-state index in [1.165, 1.54) is 19.1 Å². The van der Waals surface area contributed by atoms with Crippen LogP contribution < -0.4 is 14.4 Å². The summed E-state index contributed by atoms with van der Waals surface area (Å²) in [6.07, 6.45) is 0. The van der Waals surface area contributed by atoms with Gasteiger partial charge in [0.2, 0.25) is 11.8 Å². The van der Waals surface area contributed by atoms with Crippen molar-refractivity contribution in [2.45, 2.75) is 11.2 Å². The van der Waals surface area contributed by atoms with Gasteiger partial charge in [0.05, 0.1) is 26.1 Å². The molecule has 2 fully saturated rings. The van der Waals surface area contributed by atoms with Crippen molar-refractivity contribution in [1.82, 2.24) is 0 Å².